The van der Waals surface area contributed by atoms with Crippen molar-refractivity contribution in [2.45, 2.75) is 44.3 Å². The van der Waals surface area contributed by atoms with Crippen molar-refractivity contribution in [2.75, 3.05) is 26.3 Å². The lowest BCUT2D eigenvalue weighted by atomic mass is 10.1. The number of unbranched alkanes of at least 4 members (excludes halogenated alkanes) is 1. The molecule has 2 unspecified atom stereocenters. The first-order valence-corrected chi connectivity index (χ1v) is 10.0. The Morgan fingerprint density at radius 2 is 2.08 bits per heavy atom. The molecule has 2 aliphatic heterocycles. The van der Waals surface area contributed by atoms with E-state index in [4.69, 9.17) is 16.3 Å². The van der Waals surface area contributed by atoms with E-state index in [1.165, 1.54) is 18.9 Å². The fourth-order valence-corrected chi connectivity index (χ4v) is 4.33. The Labute approximate surface area is 165 Å². The lowest BCUT2D eigenvalue weighted by Crippen LogP contribution is -2.46. The number of benzene rings is 1. The van der Waals surface area contributed by atoms with Crippen LogP contribution in [0.5, 0.6) is 0 Å². The highest BCUT2D eigenvalue weighted by Crippen LogP contribution is 2.35. The fraction of sp³-hybridized carbons (Fsp3) is 0.647. The van der Waals surface area contributed by atoms with Gasteiger partial charge < -0.3 is 10.1 Å². The van der Waals surface area contributed by atoms with Crippen LogP contribution in [0, 0.1) is 15.9 Å². The summed E-state index contributed by atoms with van der Waals surface area (Å²) in [6, 6.07) is 2.57. The fourth-order valence-electron chi connectivity index (χ4n) is 3.81. The van der Waals surface area contributed by atoms with E-state index in [-0.39, 0.29) is 21.6 Å². The molecule has 144 valence electrons. The SMILES string of the molecule is O=[N+]([O-])c1c(CNCCCCN2C3CCC2COC3)cc(Cl)c(Br)c1F. The molecule has 1 aromatic carbocycles. The second-order valence-corrected chi connectivity index (χ2v) is 8.00. The number of nitrogens with zero attached hydrogens (tertiary/aromatic N) is 2. The van der Waals surface area contributed by atoms with Crippen LogP contribution in [0.1, 0.15) is 31.2 Å². The number of hydrogen-bond acceptors (Lipinski definition) is 5. The molecule has 9 heteroatoms. The number of rotatable bonds is 8. The highest BCUT2D eigenvalue weighted by atomic mass is 79.9. The molecular formula is C17H22BrClFN3O3. The summed E-state index contributed by atoms with van der Waals surface area (Å²) in [5.41, 5.74) is -0.273. The average Bonchev–Trinajstić information content (AvgIpc) is 2.82. The third kappa shape index (κ3) is 4.36. The molecule has 0 spiro atoms. The Morgan fingerprint density at radius 3 is 2.73 bits per heavy atom. The van der Waals surface area contributed by atoms with Crippen LogP contribution in [0.15, 0.2) is 10.5 Å². The molecular weight excluding hydrogens is 429 g/mol. The summed E-state index contributed by atoms with van der Waals surface area (Å²) < 4.78 is 19.6. The Bertz CT molecular complexity index is 663. The van der Waals surface area contributed by atoms with Crippen molar-refractivity contribution < 1.29 is 14.1 Å². The highest BCUT2D eigenvalue weighted by molar-refractivity contribution is 9.10. The van der Waals surface area contributed by atoms with Gasteiger partial charge in [-0.2, -0.15) is 4.39 Å². The van der Waals surface area contributed by atoms with Gasteiger partial charge in [-0.15, -0.1) is 0 Å². The van der Waals surface area contributed by atoms with Crippen LogP contribution < -0.4 is 5.32 Å². The first kappa shape index (κ1) is 19.9. The summed E-state index contributed by atoms with van der Waals surface area (Å²) in [6.45, 7) is 3.66. The maximum Gasteiger partial charge on any atom is 0.310 e. The quantitative estimate of drug-likeness (QED) is 0.282. The number of hydrogen-bond donors (Lipinski definition) is 1. The summed E-state index contributed by atoms with van der Waals surface area (Å²) in [5, 5.41) is 14.4. The lowest BCUT2D eigenvalue weighted by Gasteiger charge is -2.34. The minimum Gasteiger partial charge on any atom is -0.378 e. The number of nitrogens with one attached hydrogen (secondary N) is 1. The van der Waals surface area contributed by atoms with Crippen molar-refractivity contribution in [1.82, 2.24) is 10.2 Å². The van der Waals surface area contributed by atoms with Gasteiger partial charge in [-0.1, -0.05) is 11.6 Å². The molecule has 0 aromatic heterocycles. The van der Waals surface area contributed by atoms with Crippen LogP contribution in [0.4, 0.5) is 10.1 Å². The predicted molar refractivity (Wildman–Crippen MR) is 101 cm³/mol. The Hall–Kier alpha value is -0.800. The summed E-state index contributed by atoms with van der Waals surface area (Å²) in [7, 11) is 0. The Balaban J connectivity index is 1.45. The average molecular weight is 451 g/mol. The smallest absolute Gasteiger partial charge is 0.310 e. The molecule has 2 aliphatic rings. The van der Waals surface area contributed by atoms with E-state index in [1.54, 1.807) is 0 Å². The number of nitro groups is 1. The van der Waals surface area contributed by atoms with Crippen molar-refractivity contribution in [3.8, 4) is 0 Å². The standard InChI is InChI=1S/C17H22BrClFN3O3/c18-15-14(19)7-11(17(16(15)20)23(24)25)8-21-5-1-2-6-22-12-3-4-13(22)10-26-9-12/h7,12-13,21H,1-6,8-10H2. The minimum absolute atomic E-state index is 0.0743. The van der Waals surface area contributed by atoms with Gasteiger partial charge >= 0.3 is 5.69 Å². The molecule has 2 fully saturated rings. The van der Waals surface area contributed by atoms with E-state index in [2.05, 4.69) is 26.1 Å². The Morgan fingerprint density at radius 1 is 1.38 bits per heavy atom. The molecule has 1 aromatic rings. The topological polar surface area (TPSA) is 67.6 Å². The van der Waals surface area contributed by atoms with Gasteiger partial charge in [-0.3, -0.25) is 15.0 Å². The Kier molecular flexibility index (Phi) is 6.85. The van der Waals surface area contributed by atoms with Crippen LogP contribution in [0.25, 0.3) is 0 Å². The van der Waals surface area contributed by atoms with Crippen molar-refractivity contribution in [1.29, 1.82) is 0 Å². The first-order chi connectivity index (χ1) is 12.5. The third-order valence-corrected chi connectivity index (χ3v) is 6.43. The molecule has 6 nitrogen and oxygen atoms in total. The maximum absolute atomic E-state index is 14.1. The van der Waals surface area contributed by atoms with Crippen LogP contribution in [0.2, 0.25) is 5.02 Å². The predicted octanol–water partition coefficient (Wildman–Crippen LogP) is 3.88. The number of ether oxygens (including phenoxy) is 1. The minimum atomic E-state index is -0.929. The van der Waals surface area contributed by atoms with E-state index >= 15 is 0 Å². The van der Waals surface area contributed by atoms with Gasteiger partial charge in [0.25, 0.3) is 0 Å². The van der Waals surface area contributed by atoms with E-state index < -0.39 is 16.4 Å². The van der Waals surface area contributed by atoms with E-state index in [9.17, 15) is 14.5 Å². The largest absolute Gasteiger partial charge is 0.378 e. The molecule has 0 saturated carbocycles. The third-order valence-electron chi connectivity index (χ3n) is 5.12. The van der Waals surface area contributed by atoms with Gasteiger partial charge in [0.05, 0.1) is 27.6 Å². The zero-order valence-corrected chi connectivity index (χ0v) is 16.7. The molecule has 0 radical (unpaired) electrons. The molecule has 2 saturated heterocycles. The maximum atomic E-state index is 14.1. The number of nitro benzene ring substituents is 1. The monoisotopic (exact) mass is 449 g/mol. The van der Waals surface area contributed by atoms with Gasteiger partial charge in [0, 0.05) is 24.2 Å². The molecule has 0 amide bonds. The van der Waals surface area contributed by atoms with Crippen molar-refractivity contribution >= 4 is 33.2 Å². The van der Waals surface area contributed by atoms with Gasteiger partial charge in [0.2, 0.25) is 5.82 Å². The molecule has 3 rings (SSSR count). The molecule has 2 heterocycles. The van der Waals surface area contributed by atoms with Crippen molar-refractivity contribution in [3.63, 3.8) is 0 Å². The van der Waals surface area contributed by atoms with Crippen LogP contribution in [0.3, 0.4) is 0 Å². The second kappa shape index (κ2) is 8.93. The summed E-state index contributed by atoms with van der Waals surface area (Å²) in [5.74, 6) is -0.929. The summed E-state index contributed by atoms with van der Waals surface area (Å²) >= 11 is 8.87. The van der Waals surface area contributed by atoms with Gasteiger partial charge in [0.15, 0.2) is 0 Å². The van der Waals surface area contributed by atoms with Gasteiger partial charge in [-0.25, -0.2) is 0 Å². The molecule has 1 N–H and O–H groups in total. The van der Waals surface area contributed by atoms with Crippen LogP contribution >= 0.6 is 27.5 Å². The molecule has 2 atom stereocenters. The molecule has 2 bridgehead atoms. The van der Waals surface area contributed by atoms with E-state index in [0.29, 0.717) is 18.6 Å². The summed E-state index contributed by atoms with van der Waals surface area (Å²) in [4.78, 5) is 13.0. The van der Waals surface area contributed by atoms with Crippen LogP contribution in [-0.4, -0.2) is 48.2 Å². The zero-order valence-electron chi connectivity index (χ0n) is 14.3. The van der Waals surface area contributed by atoms with Crippen molar-refractivity contribution in [2.24, 2.45) is 0 Å². The zero-order chi connectivity index (χ0) is 18.7. The normalized spacial score (nSPS) is 22.7. The van der Waals surface area contributed by atoms with E-state index in [0.717, 1.165) is 32.6 Å². The van der Waals surface area contributed by atoms with Crippen LogP contribution in [-0.2, 0) is 11.3 Å². The molecule has 26 heavy (non-hydrogen) atoms. The second-order valence-electron chi connectivity index (χ2n) is 6.80. The number of fused-ring (bicyclic) bond motifs is 2. The first-order valence-electron chi connectivity index (χ1n) is 8.84. The highest BCUT2D eigenvalue weighted by Gasteiger charge is 2.36. The van der Waals surface area contributed by atoms with Gasteiger partial charge in [0.1, 0.15) is 0 Å². The van der Waals surface area contributed by atoms with E-state index in [1.807, 2.05) is 0 Å². The number of morpholine rings is 1. The van der Waals surface area contributed by atoms with Crippen molar-refractivity contribution in [3.05, 3.63) is 37.1 Å². The number of halogens is 3. The van der Waals surface area contributed by atoms with Gasteiger partial charge in [-0.05, 0) is 60.8 Å². The lowest BCUT2D eigenvalue weighted by molar-refractivity contribution is -0.388. The molecule has 0 aliphatic carbocycles. The summed E-state index contributed by atoms with van der Waals surface area (Å²) in [6.07, 6.45) is 4.46.